The Kier molecular flexibility index (Phi) is 8.91. The van der Waals surface area contributed by atoms with Crippen molar-refractivity contribution in [1.82, 2.24) is 4.90 Å². The zero-order valence-electron chi connectivity index (χ0n) is 19.1. The molecule has 0 heterocycles. The van der Waals surface area contributed by atoms with Gasteiger partial charge in [-0.25, -0.2) is 9.59 Å². The number of amides is 1. The number of halogens is 4. The zero-order chi connectivity index (χ0) is 26.5. The first-order valence-corrected chi connectivity index (χ1v) is 10.6. The van der Waals surface area contributed by atoms with Crippen molar-refractivity contribution >= 4 is 29.4 Å². The van der Waals surface area contributed by atoms with E-state index in [2.05, 4.69) is 0 Å². The number of ether oxygens (including phenoxy) is 3. The summed E-state index contributed by atoms with van der Waals surface area (Å²) in [7, 11) is 0. The van der Waals surface area contributed by atoms with Crippen LogP contribution in [0, 0.1) is 10.1 Å². The van der Waals surface area contributed by atoms with Crippen LogP contribution < -0.4 is 4.74 Å². The number of rotatable bonds is 8. The molecule has 2 aromatic carbocycles. The van der Waals surface area contributed by atoms with E-state index in [9.17, 15) is 32.9 Å². The van der Waals surface area contributed by atoms with Gasteiger partial charge < -0.3 is 19.1 Å². The van der Waals surface area contributed by atoms with Gasteiger partial charge in [0.2, 0.25) is 6.79 Å². The van der Waals surface area contributed by atoms with Gasteiger partial charge >= 0.3 is 18.2 Å². The first-order valence-electron chi connectivity index (χ1n) is 10.2. The Labute approximate surface area is 203 Å². The van der Waals surface area contributed by atoms with Gasteiger partial charge in [-0.05, 0) is 52.0 Å². The lowest BCUT2D eigenvalue weighted by Gasteiger charge is -2.29. The van der Waals surface area contributed by atoms with Crippen molar-refractivity contribution in [3.63, 3.8) is 0 Å². The number of esters is 1. The van der Waals surface area contributed by atoms with Gasteiger partial charge in [0.1, 0.15) is 17.1 Å². The second kappa shape index (κ2) is 11.3. The third-order valence-corrected chi connectivity index (χ3v) is 4.86. The van der Waals surface area contributed by atoms with Crippen LogP contribution in [0.2, 0.25) is 5.02 Å². The molecule has 13 heteroatoms. The Hall–Kier alpha value is -3.54. The van der Waals surface area contributed by atoms with Crippen LogP contribution in [-0.2, 0) is 15.7 Å². The van der Waals surface area contributed by atoms with E-state index in [1.807, 2.05) is 0 Å². The Morgan fingerprint density at radius 3 is 2.20 bits per heavy atom. The maximum Gasteiger partial charge on any atom is 0.416 e. The minimum Gasteiger partial charge on any atom is -0.456 e. The van der Waals surface area contributed by atoms with Gasteiger partial charge in [-0.2, -0.15) is 13.2 Å². The second-order valence-corrected chi connectivity index (χ2v) is 8.14. The average molecular weight is 519 g/mol. The summed E-state index contributed by atoms with van der Waals surface area (Å²) in [4.78, 5) is 36.6. The predicted octanol–water partition coefficient (Wildman–Crippen LogP) is 6.43. The third-order valence-electron chi connectivity index (χ3n) is 4.57. The molecule has 0 radical (unpaired) electrons. The van der Waals surface area contributed by atoms with E-state index in [1.54, 1.807) is 27.7 Å². The maximum absolute atomic E-state index is 12.8. The largest absolute Gasteiger partial charge is 0.456 e. The molecule has 0 fully saturated rings. The molecule has 0 saturated carbocycles. The molecule has 0 N–H and O–H groups in total. The van der Waals surface area contributed by atoms with Gasteiger partial charge in [0.15, 0.2) is 0 Å². The molecule has 0 saturated heterocycles. The maximum atomic E-state index is 12.8. The number of carbonyl (C=O) groups excluding carboxylic acids is 2. The number of alkyl halides is 3. The van der Waals surface area contributed by atoms with Crippen LogP contribution in [-0.4, -0.2) is 40.8 Å². The summed E-state index contributed by atoms with van der Waals surface area (Å²) in [6, 6.07) is 5.04. The molecule has 35 heavy (non-hydrogen) atoms. The standard InChI is InChI=1S/C22H22ClF3N2O7/c1-12(2)27(13(3)4)21(30)34-11-33-20(29)16-10-15(6-7-18(16)28(31)32)35-19-8-5-14(9-17(19)23)22(24,25)26/h5-10,12-13H,11H2,1-4H3. The number of nitro benzene ring substituents is 1. The van der Waals surface area contributed by atoms with Crippen molar-refractivity contribution < 1.29 is 41.9 Å². The topological polar surface area (TPSA) is 108 Å². The van der Waals surface area contributed by atoms with E-state index in [4.69, 9.17) is 25.8 Å². The Morgan fingerprint density at radius 2 is 1.69 bits per heavy atom. The van der Waals surface area contributed by atoms with Crippen molar-refractivity contribution in [3.8, 4) is 11.5 Å². The van der Waals surface area contributed by atoms with Crippen molar-refractivity contribution in [2.45, 2.75) is 46.0 Å². The van der Waals surface area contributed by atoms with Crippen LogP contribution in [0.4, 0.5) is 23.7 Å². The molecule has 0 aliphatic carbocycles. The number of nitrogens with zero attached hydrogens (tertiary/aromatic N) is 2. The van der Waals surface area contributed by atoms with Crippen LogP contribution in [0.25, 0.3) is 0 Å². The molecule has 190 valence electrons. The summed E-state index contributed by atoms with van der Waals surface area (Å²) in [5.74, 6) is -1.50. The van der Waals surface area contributed by atoms with E-state index >= 15 is 0 Å². The van der Waals surface area contributed by atoms with Gasteiger partial charge in [-0.1, -0.05) is 11.6 Å². The van der Waals surface area contributed by atoms with Crippen molar-refractivity contribution in [2.75, 3.05) is 6.79 Å². The summed E-state index contributed by atoms with van der Waals surface area (Å²) < 4.78 is 53.6. The smallest absolute Gasteiger partial charge is 0.416 e. The van der Waals surface area contributed by atoms with E-state index in [1.165, 1.54) is 4.90 Å². The van der Waals surface area contributed by atoms with Crippen LogP contribution in [0.3, 0.4) is 0 Å². The normalized spacial score (nSPS) is 11.4. The van der Waals surface area contributed by atoms with E-state index in [0.717, 1.165) is 30.3 Å². The van der Waals surface area contributed by atoms with Crippen LogP contribution in [0.5, 0.6) is 11.5 Å². The summed E-state index contributed by atoms with van der Waals surface area (Å²) in [5.41, 5.74) is -2.15. The number of benzene rings is 2. The molecule has 0 bridgehead atoms. The fourth-order valence-corrected chi connectivity index (χ4v) is 3.31. The van der Waals surface area contributed by atoms with Gasteiger partial charge in [0.05, 0.1) is 15.5 Å². The minimum atomic E-state index is -4.61. The number of nitro groups is 1. The minimum absolute atomic E-state index is 0.132. The molecule has 2 rings (SSSR count). The lowest BCUT2D eigenvalue weighted by atomic mass is 10.1. The highest BCUT2D eigenvalue weighted by atomic mass is 35.5. The Balaban J connectivity index is 2.19. The monoisotopic (exact) mass is 518 g/mol. The van der Waals surface area contributed by atoms with Gasteiger partial charge in [0, 0.05) is 24.2 Å². The molecule has 0 aromatic heterocycles. The summed E-state index contributed by atoms with van der Waals surface area (Å²) in [6.07, 6.45) is -5.36. The van der Waals surface area contributed by atoms with Crippen LogP contribution in [0.1, 0.15) is 43.6 Å². The molecule has 2 aromatic rings. The first kappa shape index (κ1) is 27.7. The molecule has 0 spiro atoms. The molecular weight excluding hydrogens is 497 g/mol. The highest BCUT2D eigenvalue weighted by Crippen LogP contribution is 2.37. The molecule has 0 aliphatic rings. The molecule has 0 atom stereocenters. The number of carbonyl (C=O) groups is 2. The summed E-state index contributed by atoms with van der Waals surface area (Å²) >= 11 is 5.86. The molecule has 9 nitrogen and oxygen atoms in total. The van der Waals surface area contributed by atoms with Crippen molar-refractivity contribution in [2.24, 2.45) is 0 Å². The van der Waals surface area contributed by atoms with E-state index in [-0.39, 0.29) is 28.6 Å². The lowest BCUT2D eigenvalue weighted by Crippen LogP contribution is -2.42. The van der Waals surface area contributed by atoms with E-state index in [0.29, 0.717) is 6.07 Å². The molecule has 1 amide bonds. The Bertz CT molecular complexity index is 1100. The third kappa shape index (κ3) is 7.22. The fourth-order valence-electron chi connectivity index (χ4n) is 3.09. The van der Waals surface area contributed by atoms with Crippen LogP contribution >= 0.6 is 11.6 Å². The van der Waals surface area contributed by atoms with Gasteiger partial charge in [0.25, 0.3) is 5.69 Å². The Morgan fingerprint density at radius 1 is 1.06 bits per heavy atom. The fraction of sp³-hybridized carbons (Fsp3) is 0.364. The van der Waals surface area contributed by atoms with Gasteiger partial charge in [-0.3, -0.25) is 10.1 Å². The summed E-state index contributed by atoms with van der Waals surface area (Å²) in [5, 5.41) is 11.0. The zero-order valence-corrected chi connectivity index (χ0v) is 19.8. The molecule has 0 unspecified atom stereocenters. The second-order valence-electron chi connectivity index (χ2n) is 7.74. The van der Waals surface area contributed by atoms with E-state index < -0.39 is 46.8 Å². The van der Waals surface area contributed by atoms with Gasteiger partial charge in [-0.15, -0.1) is 0 Å². The lowest BCUT2D eigenvalue weighted by molar-refractivity contribution is -0.385. The highest BCUT2D eigenvalue weighted by molar-refractivity contribution is 6.32. The highest BCUT2D eigenvalue weighted by Gasteiger charge is 2.31. The average Bonchev–Trinajstić information content (AvgIpc) is 2.73. The van der Waals surface area contributed by atoms with Crippen molar-refractivity contribution in [3.05, 3.63) is 62.7 Å². The SMILES string of the molecule is CC(C)N(C(=O)OCOC(=O)c1cc(Oc2ccc(C(F)(F)F)cc2Cl)ccc1[N+](=O)[O-])C(C)C. The first-order chi connectivity index (χ1) is 16.2. The number of hydrogen-bond donors (Lipinski definition) is 0. The van der Waals surface area contributed by atoms with Crippen molar-refractivity contribution in [1.29, 1.82) is 0 Å². The predicted molar refractivity (Wildman–Crippen MR) is 118 cm³/mol. The molecular formula is C22H22ClF3N2O7. The van der Waals surface area contributed by atoms with Crippen LogP contribution in [0.15, 0.2) is 36.4 Å². The summed E-state index contributed by atoms with van der Waals surface area (Å²) in [6.45, 7) is 6.27. The molecule has 0 aliphatic heterocycles. The quantitative estimate of drug-likeness (QED) is 0.171. The number of hydrogen-bond acceptors (Lipinski definition) is 7.